The molecular formula is C22H32N4O5. The van der Waals surface area contributed by atoms with E-state index >= 15 is 0 Å². The Balaban J connectivity index is 1.41. The normalized spacial score (nSPS) is 17.9. The van der Waals surface area contributed by atoms with E-state index in [2.05, 4.69) is 10.2 Å². The van der Waals surface area contributed by atoms with Crippen molar-refractivity contribution in [2.75, 3.05) is 45.2 Å². The lowest BCUT2D eigenvalue weighted by molar-refractivity contribution is -0.384. The van der Waals surface area contributed by atoms with Crippen LogP contribution in [0.1, 0.15) is 44.9 Å². The molecule has 0 spiro atoms. The number of ether oxygens (including phenoxy) is 1. The lowest BCUT2D eigenvalue weighted by Crippen LogP contribution is -2.49. The Bertz CT molecular complexity index is 786. The highest BCUT2D eigenvalue weighted by molar-refractivity contribution is 5.92. The summed E-state index contributed by atoms with van der Waals surface area (Å²) in [4.78, 5) is 39.5. The first-order valence-corrected chi connectivity index (χ1v) is 11.1. The molecule has 1 aliphatic carbocycles. The Labute approximate surface area is 182 Å². The molecule has 31 heavy (non-hydrogen) atoms. The van der Waals surface area contributed by atoms with Crippen LogP contribution in [0.25, 0.3) is 0 Å². The summed E-state index contributed by atoms with van der Waals surface area (Å²) < 4.78 is 5.18. The van der Waals surface area contributed by atoms with Gasteiger partial charge in [-0.15, -0.1) is 0 Å². The van der Waals surface area contributed by atoms with Crippen molar-refractivity contribution in [3.05, 3.63) is 28.3 Å². The first-order valence-electron chi connectivity index (χ1n) is 11.1. The van der Waals surface area contributed by atoms with E-state index in [0.29, 0.717) is 43.4 Å². The van der Waals surface area contributed by atoms with Crippen LogP contribution in [0.2, 0.25) is 0 Å². The van der Waals surface area contributed by atoms with Gasteiger partial charge in [0.25, 0.3) is 5.69 Å². The lowest BCUT2D eigenvalue weighted by Gasteiger charge is -2.35. The third-order valence-electron chi connectivity index (χ3n) is 6.24. The Morgan fingerprint density at radius 2 is 1.87 bits per heavy atom. The topological polar surface area (TPSA) is 105 Å². The van der Waals surface area contributed by atoms with Crippen molar-refractivity contribution < 1.29 is 19.2 Å². The number of methoxy groups -OCH3 is 1. The SMILES string of the molecule is COc1ccc([N+](=O)[O-])cc1NC(=O)CCN1CCN(C(=O)CC2CCCCC2)CC1. The Morgan fingerprint density at radius 3 is 2.52 bits per heavy atom. The summed E-state index contributed by atoms with van der Waals surface area (Å²) in [6.07, 6.45) is 7.08. The van der Waals surface area contributed by atoms with Crippen molar-refractivity contribution >= 4 is 23.2 Å². The standard InChI is InChI=1S/C22H32N4O5/c1-31-20-8-7-18(26(29)30)16-19(20)23-21(27)9-10-24-11-13-25(14-12-24)22(28)15-17-5-3-2-4-6-17/h7-8,16-17H,2-6,9-15H2,1H3,(H,23,27). The van der Waals surface area contributed by atoms with E-state index in [0.717, 1.165) is 13.1 Å². The Morgan fingerprint density at radius 1 is 1.16 bits per heavy atom. The first-order chi connectivity index (χ1) is 15.0. The molecule has 9 nitrogen and oxygen atoms in total. The average Bonchev–Trinajstić information content (AvgIpc) is 2.78. The number of carbonyl (C=O) groups excluding carboxylic acids is 2. The highest BCUT2D eigenvalue weighted by atomic mass is 16.6. The van der Waals surface area contributed by atoms with Gasteiger partial charge in [-0.25, -0.2) is 0 Å². The molecule has 2 amide bonds. The van der Waals surface area contributed by atoms with Crippen LogP contribution in [-0.2, 0) is 9.59 Å². The minimum atomic E-state index is -0.510. The van der Waals surface area contributed by atoms with Crippen molar-refractivity contribution in [1.82, 2.24) is 9.80 Å². The number of hydrogen-bond acceptors (Lipinski definition) is 6. The number of nitrogens with zero attached hydrogens (tertiary/aromatic N) is 3. The van der Waals surface area contributed by atoms with Crippen LogP contribution in [0.4, 0.5) is 11.4 Å². The largest absolute Gasteiger partial charge is 0.495 e. The van der Waals surface area contributed by atoms with Crippen molar-refractivity contribution in [2.24, 2.45) is 5.92 Å². The fraction of sp³-hybridized carbons (Fsp3) is 0.636. The van der Waals surface area contributed by atoms with Gasteiger partial charge in [0.05, 0.1) is 17.7 Å². The van der Waals surface area contributed by atoms with Crippen LogP contribution in [0.3, 0.4) is 0 Å². The minimum Gasteiger partial charge on any atom is -0.495 e. The maximum Gasteiger partial charge on any atom is 0.271 e. The van der Waals surface area contributed by atoms with Crippen LogP contribution in [0.15, 0.2) is 18.2 Å². The molecule has 0 bridgehead atoms. The summed E-state index contributed by atoms with van der Waals surface area (Å²) in [7, 11) is 1.45. The number of piperazine rings is 1. The van der Waals surface area contributed by atoms with Crippen LogP contribution >= 0.6 is 0 Å². The fourth-order valence-corrected chi connectivity index (χ4v) is 4.37. The summed E-state index contributed by atoms with van der Waals surface area (Å²) in [5.41, 5.74) is 0.185. The van der Waals surface area contributed by atoms with E-state index in [9.17, 15) is 19.7 Å². The predicted molar refractivity (Wildman–Crippen MR) is 117 cm³/mol. The number of amides is 2. The fourth-order valence-electron chi connectivity index (χ4n) is 4.37. The number of anilines is 1. The Kier molecular flexibility index (Phi) is 8.22. The van der Waals surface area contributed by atoms with Gasteiger partial charge in [-0.3, -0.25) is 24.6 Å². The molecule has 2 fully saturated rings. The van der Waals surface area contributed by atoms with E-state index in [1.807, 2.05) is 4.90 Å². The van der Waals surface area contributed by atoms with Gasteiger partial charge in [0.15, 0.2) is 0 Å². The average molecular weight is 433 g/mol. The molecule has 1 aromatic rings. The van der Waals surface area contributed by atoms with Crippen molar-refractivity contribution in [1.29, 1.82) is 0 Å². The molecule has 1 aromatic carbocycles. The van der Waals surface area contributed by atoms with Crippen LogP contribution in [0, 0.1) is 16.0 Å². The summed E-state index contributed by atoms with van der Waals surface area (Å²) in [6.45, 7) is 3.49. The molecule has 0 radical (unpaired) electrons. The molecular weight excluding hydrogens is 400 g/mol. The molecule has 3 rings (SSSR count). The van der Waals surface area contributed by atoms with E-state index < -0.39 is 4.92 Å². The molecule has 1 N–H and O–H groups in total. The second kappa shape index (κ2) is 11.1. The zero-order valence-corrected chi connectivity index (χ0v) is 18.2. The number of carbonyl (C=O) groups is 2. The van der Waals surface area contributed by atoms with Gasteiger partial charge in [-0.2, -0.15) is 0 Å². The smallest absolute Gasteiger partial charge is 0.271 e. The third-order valence-corrected chi connectivity index (χ3v) is 6.24. The lowest BCUT2D eigenvalue weighted by atomic mass is 9.86. The molecule has 2 aliphatic rings. The van der Waals surface area contributed by atoms with Gasteiger partial charge in [0, 0.05) is 57.7 Å². The predicted octanol–water partition coefficient (Wildman–Crippen LogP) is 3.05. The summed E-state index contributed by atoms with van der Waals surface area (Å²) in [5.74, 6) is 0.967. The van der Waals surface area contributed by atoms with Gasteiger partial charge in [-0.05, 0) is 24.8 Å². The number of nitro groups is 1. The number of non-ortho nitro benzene ring substituents is 1. The van der Waals surface area contributed by atoms with Gasteiger partial charge in [-0.1, -0.05) is 19.3 Å². The molecule has 9 heteroatoms. The monoisotopic (exact) mass is 432 g/mol. The molecule has 1 saturated carbocycles. The van der Waals surface area contributed by atoms with E-state index in [1.165, 1.54) is 57.4 Å². The quantitative estimate of drug-likeness (QED) is 0.500. The molecule has 1 saturated heterocycles. The Hall–Kier alpha value is -2.68. The van der Waals surface area contributed by atoms with Gasteiger partial charge >= 0.3 is 0 Å². The summed E-state index contributed by atoms with van der Waals surface area (Å²) in [5, 5.41) is 13.7. The van der Waals surface area contributed by atoms with Gasteiger partial charge < -0.3 is 15.0 Å². The van der Waals surface area contributed by atoms with Gasteiger partial charge in [0.2, 0.25) is 11.8 Å². The zero-order chi connectivity index (χ0) is 22.2. The number of nitrogens with one attached hydrogen (secondary N) is 1. The second-order valence-electron chi connectivity index (χ2n) is 8.37. The summed E-state index contributed by atoms with van der Waals surface area (Å²) in [6, 6.07) is 4.11. The number of benzene rings is 1. The maximum absolute atomic E-state index is 12.6. The number of rotatable bonds is 8. The number of nitro benzene ring substituents is 1. The summed E-state index contributed by atoms with van der Waals surface area (Å²) >= 11 is 0. The first kappa shape index (κ1) is 23.0. The van der Waals surface area contributed by atoms with Gasteiger partial charge in [0.1, 0.15) is 5.75 Å². The van der Waals surface area contributed by atoms with E-state index in [1.54, 1.807) is 0 Å². The van der Waals surface area contributed by atoms with E-state index in [4.69, 9.17) is 4.74 Å². The molecule has 1 heterocycles. The zero-order valence-electron chi connectivity index (χ0n) is 18.2. The second-order valence-corrected chi connectivity index (χ2v) is 8.37. The minimum absolute atomic E-state index is 0.106. The van der Waals surface area contributed by atoms with Crippen molar-refractivity contribution in [3.8, 4) is 5.75 Å². The van der Waals surface area contributed by atoms with Crippen molar-refractivity contribution in [3.63, 3.8) is 0 Å². The molecule has 0 atom stereocenters. The number of hydrogen-bond donors (Lipinski definition) is 1. The highest BCUT2D eigenvalue weighted by Gasteiger charge is 2.24. The molecule has 0 unspecified atom stereocenters. The van der Waals surface area contributed by atoms with Crippen LogP contribution < -0.4 is 10.1 Å². The molecule has 170 valence electrons. The molecule has 0 aromatic heterocycles. The van der Waals surface area contributed by atoms with Crippen LogP contribution in [-0.4, -0.2) is 66.4 Å². The third kappa shape index (κ3) is 6.65. The van der Waals surface area contributed by atoms with E-state index in [-0.39, 0.29) is 23.9 Å². The van der Waals surface area contributed by atoms with Crippen molar-refractivity contribution in [2.45, 2.75) is 44.9 Å². The molecule has 1 aliphatic heterocycles. The van der Waals surface area contributed by atoms with Crippen LogP contribution in [0.5, 0.6) is 5.75 Å². The maximum atomic E-state index is 12.6. The highest BCUT2D eigenvalue weighted by Crippen LogP contribution is 2.29.